The highest BCUT2D eigenvalue weighted by Gasteiger charge is 2.29. The number of benzene rings is 2. The minimum absolute atomic E-state index is 0.0926. The fourth-order valence-corrected chi connectivity index (χ4v) is 5.26. The molecule has 2 aliphatic rings. The molecule has 1 aliphatic carbocycles. The minimum Gasteiger partial charge on any atom is -0.482 e. The van der Waals surface area contributed by atoms with Crippen molar-refractivity contribution in [2.75, 3.05) is 18.5 Å². The number of rotatable bonds is 4. The molecular formula is C17H15BrN2O4S. The summed E-state index contributed by atoms with van der Waals surface area (Å²) in [5, 5.41) is 2.65. The second kappa shape index (κ2) is 6.12. The zero-order valence-electron chi connectivity index (χ0n) is 13.1. The fraction of sp³-hybridized carbons (Fsp3) is 0.235. The Kier molecular flexibility index (Phi) is 4.05. The number of anilines is 1. The van der Waals surface area contributed by atoms with E-state index in [-0.39, 0.29) is 23.3 Å². The highest BCUT2D eigenvalue weighted by atomic mass is 79.9. The van der Waals surface area contributed by atoms with Gasteiger partial charge >= 0.3 is 0 Å². The normalized spacial score (nSPS) is 18.4. The summed E-state index contributed by atoms with van der Waals surface area (Å²) in [7, 11) is -3.70. The van der Waals surface area contributed by atoms with E-state index in [0.29, 0.717) is 22.5 Å². The van der Waals surface area contributed by atoms with Gasteiger partial charge in [0.15, 0.2) is 6.61 Å². The summed E-state index contributed by atoms with van der Waals surface area (Å²) >= 11 is 3.27. The van der Waals surface area contributed by atoms with E-state index in [2.05, 4.69) is 32.0 Å². The Morgan fingerprint density at radius 2 is 2.08 bits per heavy atom. The maximum absolute atomic E-state index is 12.7. The molecule has 8 heteroatoms. The summed E-state index contributed by atoms with van der Waals surface area (Å²) in [5.41, 5.74) is 2.92. The average Bonchev–Trinajstić information content (AvgIpc) is 2.54. The Hall–Kier alpha value is -1.90. The molecule has 0 spiro atoms. The Bertz CT molecular complexity index is 975. The molecule has 0 fully saturated rings. The summed E-state index contributed by atoms with van der Waals surface area (Å²) < 4.78 is 33.7. The first-order valence-corrected chi connectivity index (χ1v) is 10.1. The van der Waals surface area contributed by atoms with E-state index in [0.717, 1.165) is 6.42 Å². The zero-order chi connectivity index (χ0) is 17.6. The Labute approximate surface area is 153 Å². The van der Waals surface area contributed by atoms with Gasteiger partial charge in [0.2, 0.25) is 10.0 Å². The molecule has 2 N–H and O–H groups in total. The molecular weight excluding hydrogens is 408 g/mol. The van der Waals surface area contributed by atoms with Crippen molar-refractivity contribution < 1.29 is 17.9 Å². The number of ether oxygens (including phenoxy) is 1. The topological polar surface area (TPSA) is 84.5 Å². The van der Waals surface area contributed by atoms with E-state index in [1.807, 2.05) is 18.2 Å². The first-order valence-electron chi connectivity index (χ1n) is 7.78. The van der Waals surface area contributed by atoms with Crippen LogP contribution in [0, 0.1) is 0 Å². The molecule has 0 radical (unpaired) electrons. The first kappa shape index (κ1) is 16.6. The molecule has 0 saturated heterocycles. The summed E-state index contributed by atoms with van der Waals surface area (Å²) in [6, 6.07) is 11.0. The van der Waals surface area contributed by atoms with Crippen LogP contribution in [0.3, 0.4) is 0 Å². The zero-order valence-corrected chi connectivity index (χ0v) is 15.5. The smallest absolute Gasteiger partial charge is 0.262 e. The molecule has 25 heavy (non-hydrogen) atoms. The lowest BCUT2D eigenvalue weighted by atomic mass is 9.78. The molecule has 130 valence electrons. The molecule has 4 rings (SSSR count). The molecule has 0 saturated carbocycles. The third-order valence-electron chi connectivity index (χ3n) is 4.44. The van der Waals surface area contributed by atoms with Crippen molar-refractivity contribution in [2.24, 2.45) is 0 Å². The van der Waals surface area contributed by atoms with E-state index in [4.69, 9.17) is 4.74 Å². The van der Waals surface area contributed by atoms with Gasteiger partial charge in [0, 0.05) is 23.0 Å². The standard InChI is InChI=1S/C17H15BrN2O4S/c18-13-6-14-15(24-9-17(21)20-14)7-16(13)25(22,23)19-8-11-5-10-3-1-2-4-12(10)11/h1-4,6-7,11,19H,5,8-9H2,(H,20,21). The maximum Gasteiger partial charge on any atom is 0.262 e. The predicted molar refractivity (Wildman–Crippen MR) is 96.3 cm³/mol. The molecule has 6 nitrogen and oxygen atoms in total. The Balaban J connectivity index is 1.54. The van der Waals surface area contributed by atoms with Gasteiger partial charge in [0.05, 0.1) is 10.6 Å². The van der Waals surface area contributed by atoms with Crippen molar-refractivity contribution in [3.05, 3.63) is 52.0 Å². The van der Waals surface area contributed by atoms with Crippen molar-refractivity contribution in [2.45, 2.75) is 17.2 Å². The van der Waals surface area contributed by atoms with Crippen LogP contribution in [0.1, 0.15) is 17.0 Å². The molecule has 0 bridgehead atoms. The Morgan fingerprint density at radius 1 is 1.28 bits per heavy atom. The van der Waals surface area contributed by atoms with Gasteiger partial charge in [-0.15, -0.1) is 0 Å². The van der Waals surface area contributed by atoms with E-state index in [1.54, 1.807) is 6.07 Å². The molecule has 1 unspecified atom stereocenters. The second-order valence-electron chi connectivity index (χ2n) is 6.07. The maximum atomic E-state index is 12.7. The molecule has 2 aromatic rings. The van der Waals surface area contributed by atoms with E-state index in [1.165, 1.54) is 17.2 Å². The number of carbonyl (C=O) groups excluding carboxylic acids is 1. The number of amides is 1. The third-order valence-corrected chi connectivity index (χ3v) is 6.82. The van der Waals surface area contributed by atoms with Crippen molar-refractivity contribution >= 4 is 37.5 Å². The number of carbonyl (C=O) groups is 1. The summed E-state index contributed by atoms with van der Waals surface area (Å²) in [4.78, 5) is 11.4. The van der Waals surface area contributed by atoms with Gasteiger partial charge in [-0.05, 0) is 39.5 Å². The van der Waals surface area contributed by atoms with Crippen LogP contribution in [0.2, 0.25) is 0 Å². The van der Waals surface area contributed by atoms with Gasteiger partial charge in [0.25, 0.3) is 5.91 Å². The van der Waals surface area contributed by atoms with Crippen molar-refractivity contribution in [1.82, 2.24) is 4.72 Å². The van der Waals surface area contributed by atoms with Crippen LogP contribution >= 0.6 is 15.9 Å². The number of hydrogen-bond acceptors (Lipinski definition) is 4. The predicted octanol–water partition coefficient (Wildman–Crippen LogP) is 2.40. The molecule has 1 heterocycles. The molecule has 2 aromatic carbocycles. The van der Waals surface area contributed by atoms with Gasteiger partial charge in [-0.2, -0.15) is 0 Å². The van der Waals surface area contributed by atoms with Crippen LogP contribution in [0.5, 0.6) is 5.75 Å². The van der Waals surface area contributed by atoms with Gasteiger partial charge in [-0.25, -0.2) is 13.1 Å². The number of sulfonamides is 1. The van der Waals surface area contributed by atoms with E-state index in [9.17, 15) is 13.2 Å². The lowest BCUT2D eigenvalue weighted by Crippen LogP contribution is -2.33. The second-order valence-corrected chi connectivity index (χ2v) is 8.66. The van der Waals surface area contributed by atoms with Crippen molar-refractivity contribution in [3.63, 3.8) is 0 Å². The minimum atomic E-state index is -3.70. The number of nitrogens with one attached hydrogen (secondary N) is 2. The quantitative estimate of drug-likeness (QED) is 0.791. The largest absolute Gasteiger partial charge is 0.482 e. The van der Waals surface area contributed by atoms with E-state index >= 15 is 0 Å². The monoisotopic (exact) mass is 422 g/mol. The first-order chi connectivity index (χ1) is 11.9. The third kappa shape index (κ3) is 3.05. The fourth-order valence-electron chi connectivity index (χ4n) is 3.12. The van der Waals surface area contributed by atoms with Crippen LogP contribution in [0.15, 0.2) is 45.8 Å². The highest BCUT2D eigenvalue weighted by molar-refractivity contribution is 9.10. The van der Waals surface area contributed by atoms with Crippen LogP contribution < -0.4 is 14.8 Å². The van der Waals surface area contributed by atoms with Crippen LogP contribution in [0.25, 0.3) is 0 Å². The van der Waals surface area contributed by atoms with Crippen molar-refractivity contribution in [1.29, 1.82) is 0 Å². The van der Waals surface area contributed by atoms with Crippen molar-refractivity contribution in [3.8, 4) is 5.75 Å². The molecule has 0 aromatic heterocycles. The number of halogens is 1. The summed E-state index contributed by atoms with van der Waals surface area (Å²) in [6.07, 6.45) is 0.874. The van der Waals surface area contributed by atoms with Gasteiger partial charge in [0.1, 0.15) is 5.75 Å². The van der Waals surface area contributed by atoms with Gasteiger partial charge < -0.3 is 10.1 Å². The lowest BCUT2D eigenvalue weighted by Gasteiger charge is -2.30. The highest BCUT2D eigenvalue weighted by Crippen LogP contribution is 2.37. The number of hydrogen-bond donors (Lipinski definition) is 2. The van der Waals surface area contributed by atoms with E-state index < -0.39 is 10.0 Å². The lowest BCUT2D eigenvalue weighted by molar-refractivity contribution is -0.118. The van der Waals surface area contributed by atoms with Gasteiger partial charge in [-0.1, -0.05) is 24.3 Å². The van der Waals surface area contributed by atoms with Crippen LogP contribution in [-0.4, -0.2) is 27.5 Å². The summed E-state index contributed by atoms with van der Waals surface area (Å²) in [6.45, 7) is 0.223. The van der Waals surface area contributed by atoms with Crippen LogP contribution in [-0.2, 0) is 21.2 Å². The Morgan fingerprint density at radius 3 is 2.88 bits per heavy atom. The SMILES string of the molecule is O=C1COc2cc(S(=O)(=O)NCC3Cc4ccccc43)c(Br)cc2N1. The summed E-state index contributed by atoms with van der Waals surface area (Å²) in [5.74, 6) is 0.270. The molecule has 1 amide bonds. The average molecular weight is 423 g/mol. The number of fused-ring (bicyclic) bond motifs is 2. The van der Waals surface area contributed by atoms with Crippen LogP contribution in [0.4, 0.5) is 5.69 Å². The van der Waals surface area contributed by atoms with Gasteiger partial charge in [-0.3, -0.25) is 4.79 Å². The molecule has 1 aliphatic heterocycles. The molecule has 1 atom stereocenters.